The molecule has 7 nitrogen and oxygen atoms in total. The van der Waals surface area contributed by atoms with Crippen molar-refractivity contribution in [3.63, 3.8) is 0 Å². The van der Waals surface area contributed by atoms with E-state index in [1.54, 1.807) is 0 Å². The average Bonchev–Trinajstić information content (AvgIpc) is 2.50. The summed E-state index contributed by atoms with van der Waals surface area (Å²) in [4.78, 5) is 23.9. The summed E-state index contributed by atoms with van der Waals surface area (Å²) in [6.07, 6.45) is 0.648. The minimum Gasteiger partial charge on any atom is -0.480 e. The van der Waals surface area contributed by atoms with Crippen molar-refractivity contribution >= 4 is 12.0 Å². The number of aliphatic hydroxyl groups excluding tert-OH is 1. The van der Waals surface area contributed by atoms with E-state index in [0.29, 0.717) is 26.1 Å². The molecule has 2 amide bonds. The number of aliphatic carboxylic acids is 1. The molecule has 17 heavy (non-hydrogen) atoms. The van der Waals surface area contributed by atoms with Crippen LogP contribution in [-0.4, -0.2) is 65.6 Å². The summed E-state index contributed by atoms with van der Waals surface area (Å²) < 4.78 is 5.37. The summed E-state index contributed by atoms with van der Waals surface area (Å²) in [7, 11) is 0. The molecule has 1 aliphatic heterocycles. The van der Waals surface area contributed by atoms with Crippen molar-refractivity contribution in [2.45, 2.75) is 25.5 Å². The highest BCUT2D eigenvalue weighted by molar-refractivity contribution is 5.82. The zero-order chi connectivity index (χ0) is 12.8. The quantitative estimate of drug-likeness (QED) is 0.608. The summed E-state index contributed by atoms with van der Waals surface area (Å²) in [6.45, 7) is 2.76. The van der Waals surface area contributed by atoms with Gasteiger partial charge < -0.3 is 25.2 Å². The van der Waals surface area contributed by atoms with Gasteiger partial charge in [-0.15, -0.1) is 0 Å². The Bertz CT molecular complexity index is 284. The minimum atomic E-state index is -1.26. The van der Waals surface area contributed by atoms with E-state index in [9.17, 15) is 9.59 Å². The van der Waals surface area contributed by atoms with E-state index in [4.69, 9.17) is 14.9 Å². The van der Waals surface area contributed by atoms with Crippen LogP contribution < -0.4 is 5.32 Å². The van der Waals surface area contributed by atoms with E-state index >= 15 is 0 Å². The molecule has 0 aromatic carbocycles. The normalized spacial score (nSPS) is 22.7. The average molecular weight is 246 g/mol. The molecular weight excluding hydrogens is 228 g/mol. The van der Waals surface area contributed by atoms with E-state index in [-0.39, 0.29) is 6.10 Å². The fraction of sp³-hybridized carbons (Fsp3) is 0.800. The number of carboxylic acid groups (broad SMARTS) is 1. The number of amides is 2. The smallest absolute Gasteiger partial charge is 0.328 e. The molecule has 3 N–H and O–H groups in total. The Morgan fingerprint density at radius 2 is 2.29 bits per heavy atom. The molecule has 98 valence electrons. The van der Waals surface area contributed by atoms with Gasteiger partial charge in [0.1, 0.15) is 0 Å². The fourth-order valence-electron chi connectivity index (χ4n) is 1.60. The summed E-state index contributed by atoms with van der Waals surface area (Å²) >= 11 is 0. The Morgan fingerprint density at radius 3 is 2.88 bits per heavy atom. The van der Waals surface area contributed by atoms with Gasteiger partial charge in [0.25, 0.3) is 0 Å². The predicted octanol–water partition coefficient (Wildman–Crippen LogP) is -0.748. The molecule has 1 heterocycles. The lowest BCUT2D eigenvalue weighted by Gasteiger charge is -2.24. The Hall–Kier alpha value is -1.34. The Balaban J connectivity index is 2.53. The standard InChI is InChI=1S/C10H18N2O5/c1-7-5-12(3-2-4-17-7)10(16)11-8(6-13)9(14)15/h7-8,13H,2-6H2,1H3,(H,11,16)(H,14,15). The van der Waals surface area contributed by atoms with Crippen LogP contribution in [0.1, 0.15) is 13.3 Å². The second kappa shape index (κ2) is 6.41. The van der Waals surface area contributed by atoms with Crippen LogP contribution in [0.5, 0.6) is 0 Å². The van der Waals surface area contributed by atoms with Crippen molar-refractivity contribution in [2.75, 3.05) is 26.3 Å². The van der Waals surface area contributed by atoms with Crippen molar-refractivity contribution in [1.82, 2.24) is 10.2 Å². The van der Waals surface area contributed by atoms with Gasteiger partial charge in [-0.2, -0.15) is 0 Å². The van der Waals surface area contributed by atoms with Crippen LogP contribution in [-0.2, 0) is 9.53 Å². The maximum atomic E-state index is 11.8. The largest absolute Gasteiger partial charge is 0.480 e. The SMILES string of the molecule is CC1CN(C(=O)NC(CO)C(=O)O)CCCO1. The Morgan fingerprint density at radius 1 is 1.59 bits per heavy atom. The lowest BCUT2D eigenvalue weighted by atomic mass is 10.3. The highest BCUT2D eigenvalue weighted by Gasteiger charge is 2.24. The number of carboxylic acids is 1. The molecule has 0 bridgehead atoms. The third-order valence-electron chi connectivity index (χ3n) is 2.52. The molecule has 1 fully saturated rings. The third kappa shape index (κ3) is 4.20. The van der Waals surface area contributed by atoms with Gasteiger partial charge in [0.15, 0.2) is 6.04 Å². The van der Waals surface area contributed by atoms with Crippen LogP contribution >= 0.6 is 0 Å². The van der Waals surface area contributed by atoms with E-state index in [1.165, 1.54) is 4.90 Å². The minimum absolute atomic E-state index is 0.0688. The molecule has 2 unspecified atom stereocenters. The molecular formula is C10H18N2O5. The molecule has 0 saturated carbocycles. The number of hydrogen-bond acceptors (Lipinski definition) is 4. The van der Waals surface area contributed by atoms with Crippen molar-refractivity contribution in [3.05, 3.63) is 0 Å². The molecule has 0 radical (unpaired) electrons. The van der Waals surface area contributed by atoms with Crippen molar-refractivity contribution in [2.24, 2.45) is 0 Å². The molecule has 1 rings (SSSR count). The van der Waals surface area contributed by atoms with Gasteiger partial charge in [0, 0.05) is 19.7 Å². The molecule has 7 heteroatoms. The highest BCUT2D eigenvalue weighted by Crippen LogP contribution is 2.05. The molecule has 2 atom stereocenters. The van der Waals surface area contributed by atoms with Crippen LogP contribution in [0.3, 0.4) is 0 Å². The van der Waals surface area contributed by atoms with Crippen LogP contribution in [0, 0.1) is 0 Å². The van der Waals surface area contributed by atoms with Crippen LogP contribution in [0.4, 0.5) is 4.79 Å². The molecule has 1 saturated heterocycles. The van der Waals surface area contributed by atoms with Crippen molar-refractivity contribution in [1.29, 1.82) is 0 Å². The first-order chi connectivity index (χ1) is 8.04. The predicted molar refractivity (Wildman–Crippen MR) is 58.6 cm³/mol. The lowest BCUT2D eigenvalue weighted by Crippen LogP contribution is -2.50. The van der Waals surface area contributed by atoms with Gasteiger partial charge in [-0.1, -0.05) is 0 Å². The van der Waals surface area contributed by atoms with Gasteiger partial charge in [-0.3, -0.25) is 0 Å². The molecule has 1 aliphatic rings. The van der Waals surface area contributed by atoms with Crippen molar-refractivity contribution in [3.8, 4) is 0 Å². The second-order valence-corrected chi connectivity index (χ2v) is 4.00. The topological polar surface area (TPSA) is 99.1 Å². The van der Waals surface area contributed by atoms with Crippen molar-refractivity contribution < 1.29 is 24.5 Å². The van der Waals surface area contributed by atoms with E-state index in [2.05, 4.69) is 5.32 Å². The number of ether oxygens (including phenoxy) is 1. The number of rotatable bonds is 3. The third-order valence-corrected chi connectivity index (χ3v) is 2.52. The summed E-state index contributed by atoms with van der Waals surface area (Å²) in [6, 6.07) is -1.74. The van der Waals surface area contributed by atoms with Crippen LogP contribution in [0.25, 0.3) is 0 Å². The maximum Gasteiger partial charge on any atom is 0.328 e. The van der Waals surface area contributed by atoms with E-state index < -0.39 is 24.6 Å². The van der Waals surface area contributed by atoms with Gasteiger partial charge in [-0.25, -0.2) is 9.59 Å². The van der Waals surface area contributed by atoms with Gasteiger partial charge >= 0.3 is 12.0 Å². The van der Waals surface area contributed by atoms with Gasteiger partial charge in [-0.05, 0) is 13.3 Å². The van der Waals surface area contributed by atoms with E-state index in [0.717, 1.165) is 0 Å². The fourth-order valence-corrected chi connectivity index (χ4v) is 1.60. The number of nitrogens with zero attached hydrogens (tertiary/aromatic N) is 1. The number of carbonyl (C=O) groups is 2. The van der Waals surface area contributed by atoms with Gasteiger partial charge in [0.2, 0.25) is 0 Å². The number of nitrogens with one attached hydrogen (secondary N) is 1. The molecule has 0 spiro atoms. The van der Waals surface area contributed by atoms with E-state index in [1.807, 2.05) is 6.92 Å². The van der Waals surface area contributed by atoms with Crippen LogP contribution in [0.15, 0.2) is 0 Å². The zero-order valence-corrected chi connectivity index (χ0v) is 9.76. The zero-order valence-electron chi connectivity index (χ0n) is 9.76. The number of urea groups is 1. The first-order valence-electron chi connectivity index (χ1n) is 5.55. The number of hydrogen-bond donors (Lipinski definition) is 3. The lowest BCUT2D eigenvalue weighted by molar-refractivity contribution is -0.140. The summed E-state index contributed by atoms with van der Waals surface area (Å²) in [5.74, 6) is -1.25. The Labute approximate surface area is 99.4 Å². The van der Waals surface area contributed by atoms with Crippen LogP contribution in [0.2, 0.25) is 0 Å². The maximum absolute atomic E-state index is 11.8. The molecule has 0 aliphatic carbocycles. The number of carbonyl (C=O) groups excluding carboxylic acids is 1. The Kier molecular flexibility index (Phi) is 5.17. The first kappa shape index (κ1) is 13.7. The van der Waals surface area contributed by atoms with Gasteiger partial charge in [0.05, 0.1) is 12.7 Å². The molecule has 0 aromatic rings. The highest BCUT2D eigenvalue weighted by atomic mass is 16.5. The number of aliphatic hydroxyl groups is 1. The molecule has 0 aromatic heterocycles. The monoisotopic (exact) mass is 246 g/mol. The first-order valence-corrected chi connectivity index (χ1v) is 5.55. The summed E-state index contributed by atoms with van der Waals surface area (Å²) in [5, 5.41) is 19.8. The summed E-state index contributed by atoms with van der Waals surface area (Å²) in [5.41, 5.74) is 0. The second-order valence-electron chi connectivity index (χ2n) is 4.00.